The van der Waals surface area contributed by atoms with Crippen molar-refractivity contribution in [3.63, 3.8) is 0 Å². The van der Waals surface area contributed by atoms with Gasteiger partial charge in [0.05, 0.1) is 24.8 Å². The highest BCUT2D eigenvalue weighted by Gasteiger charge is 2.14. The standard InChI is InChI=1S/C21H26N2O2/c1-5-25-18-9-10-19-20(13-18)23(14-15(2)3)21(22-19)12-16-7-6-8-17(11-16)24-4/h6-11,13,15H,5,12,14H2,1-4H3. The van der Waals surface area contributed by atoms with Crippen LogP contribution in [0.25, 0.3) is 11.0 Å². The number of aromatic nitrogens is 2. The zero-order chi connectivity index (χ0) is 17.8. The van der Waals surface area contributed by atoms with Crippen LogP contribution in [-0.2, 0) is 13.0 Å². The zero-order valence-corrected chi connectivity index (χ0v) is 15.5. The van der Waals surface area contributed by atoms with Crippen LogP contribution in [0.1, 0.15) is 32.2 Å². The molecule has 4 nitrogen and oxygen atoms in total. The summed E-state index contributed by atoms with van der Waals surface area (Å²) in [6.45, 7) is 8.07. The molecule has 0 amide bonds. The van der Waals surface area contributed by atoms with E-state index < -0.39 is 0 Å². The van der Waals surface area contributed by atoms with E-state index in [2.05, 4.69) is 36.6 Å². The lowest BCUT2D eigenvalue weighted by Gasteiger charge is -2.13. The monoisotopic (exact) mass is 338 g/mol. The molecule has 0 saturated carbocycles. The molecule has 0 spiro atoms. The van der Waals surface area contributed by atoms with Crippen molar-refractivity contribution in [1.29, 1.82) is 0 Å². The third-order valence-corrected chi connectivity index (χ3v) is 4.15. The summed E-state index contributed by atoms with van der Waals surface area (Å²) in [5.74, 6) is 3.39. The Balaban J connectivity index is 2.03. The fourth-order valence-electron chi connectivity index (χ4n) is 3.08. The van der Waals surface area contributed by atoms with Crippen molar-refractivity contribution in [3.8, 4) is 11.5 Å². The van der Waals surface area contributed by atoms with Crippen LogP contribution in [0.4, 0.5) is 0 Å². The molecule has 4 heteroatoms. The highest BCUT2D eigenvalue weighted by Crippen LogP contribution is 2.25. The quantitative estimate of drug-likeness (QED) is 0.627. The van der Waals surface area contributed by atoms with Gasteiger partial charge in [-0.25, -0.2) is 4.98 Å². The Bertz CT molecular complexity index is 852. The highest BCUT2D eigenvalue weighted by atomic mass is 16.5. The lowest BCUT2D eigenvalue weighted by molar-refractivity contribution is 0.340. The molecule has 3 aromatic rings. The topological polar surface area (TPSA) is 36.3 Å². The van der Waals surface area contributed by atoms with Crippen molar-refractivity contribution in [3.05, 3.63) is 53.9 Å². The van der Waals surface area contributed by atoms with Crippen LogP contribution >= 0.6 is 0 Å². The van der Waals surface area contributed by atoms with E-state index in [1.54, 1.807) is 7.11 Å². The lowest BCUT2D eigenvalue weighted by atomic mass is 10.1. The maximum atomic E-state index is 5.67. The smallest absolute Gasteiger partial charge is 0.121 e. The van der Waals surface area contributed by atoms with E-state index in [4.69, 9.17) is 14.5 Å². The Morgan fingerprint density at radius 2 is 1.92 bits per heavy atom. The third-order valence-electron chi connectivity index (χ3n) is 4.15. The van der Waals surface area contributed by atoms with Gasteiger partial charge in [0.25, 0.3) is 0 Å². The number of rotatable bonds is 7. The van der Waals surface area contributed by atoms with Gasteiger partial charge in [-0.1, -0.05) is 26.0 Å². The second-order valence-corrected chi connectivity index (χ2v) is 6.64. The number of hydrogen-bond donors (Lipinski definition) is 0. The van der Waals surface area contributed by atoms with Crippen molar-refractivity contribution in [1.82, 2.24) is 9.55 Å². The van der Waals surface area contributed by atoms with Crippen LogP contribution in [0.15, 0.2) is 42.5 Å². The van der Waals surface area contributed by atoms with Gasteiger partial charge in [0.2, 0.25) is 0 Å². The second-order valence-electron chi connectivity index (χ2n) is 6.64. The van der Waals surface area contributed by atoms with E-state index >= 15 is 0 Å². The lowest BCUT2D eigenvalue weighted by Crippen LogP contribution is -2.09. The molecule has 0 aliphatic carbocycles. The summed E-state index contributed by atoms with van der Waals surface area (Å²) in [7, 11) is 1.70. The third kappa shape index (κ3) is 3.95. The molecule has 0 aliphatic heterocycles. The van der Waals surface area contributed by atoms with Gasteiger partial charge in [-0.05, 0) is 42.7 Å². The minimum atomic E-state index is 0.539. The average molecular weight is 338 g/mol. The molecule has 1 heterocycles. The van der Waals surface area contributed by atoms with E-state index in [1.165, 1.54) is 5.56 Å². The van der Waals surface area contributed by atoms with Crippen LogP contribution in [0.2, 0.25) is 0 Å². The maximum Gasteiger partial charge on any atom is 0.121 e. The molecule has 0 bridgehead atoms. The molecule has 1 aromatic heterocycles. The molecule has 0 radical (unpaired) electrons. The minimum Gasteiger partial charge on any atom is -0.497 e. The van der Waals surface area contributed by atoms with E-state index in [1.807, 2.05) is 31.2 Å². The summed E-state index contributed by atoms with van der Waals surface area (Å²) in [5.41, 5.74) is 3.35. The average Bonchev–Trinajstić information content (AvgIpc) is 2.92. The Labute approximate surface area is 149 Å². The molecule has 0 fully saturated rings. The van der Waals surface area contributed by atoms with Crippen molar-refractivity contribution in [2.75, 3.05) is 13.7 Å². The molecular formula is C21H26N2O2. The highest BCUT2D eigenvalue weighted by molar-refractivity contribution is 5.78. The Hall–Kier alpha value is -2.49. The first-order valence-corrected chi connectivity index (χ1v) is 8.85. The van der Waals surface area contributed by atoms with Crippen LogP contribution in [0.5, 0.6) is 11.5 Å². The Morgan fingerprint density at radius 3 is 2.64 bits per heavy atom. The number of hydrogen-bond acceptors (Lipinski definition) is 3. The largest absolute Gasteiger partial charge is 0.497 e. The van der Waals surface area contributed by atoms with Gasteiger partial charge in [0.15, 0.2) is 0 Å². The Morgan fingerprint density at radius 1 is 1.08 bits per heavy atom. The van der Waals surface area contributed by atoms with Crippen molar-refractivity contribution < 1.29 is 9.47 Å². The van der Waals surface area contributed by atoms with Crippen LogP contribution < -0.4 is 9.47 Å². The van der Waals surface area contributed by atoms with Gasteiger partial charge in [-0.15, -0.1) is 0 Å². The summed E-state index contributed by atoms with van der Waals surface area (Å²) < 4.78 is 13.3. The SMILES string of the molecule is CCOc1ccc2nc(Cc3cccc(OC)c3)n(CC(C)C)c2c1. The van der Waals surface area contributed by atoms with E-state index in [-0.39, 0.29) is 0 Å². The Kier molecular flexibility index (Phi) is 5.27. The predicted molar refractivity (Wildman–Crippen MR) is 102 cm³/mol. The fourth-order valence-corrected chi connectivity index (χ4v) is 3.08. The molecule has 2 aromatic carbocycles. The van der Waals surface area contributed by atoms with E-state index in [0.29, 0.717) is 12.5 Å². The molecule has 0 atom stereocenters. The molecule has 0 unspecified atom stereocenters. The van der Waals surface area contributed by atoms with Gasteiger partial charge in [0.1, 0.15) is 17.3 Å². The minimum absolute atomic E-state index is 0.539. The first-order chi connectivity index (χ1) is 12.1. The summed E-state index contributed by atoms with van der Waals surface area (Å²) in [4.78, 5) is 4.88. The maximum absolute atomic E-state index is 5.67. The second kappa shape index (κ2) is 7.60. The normalized spacial score (nSPS) is 11.2. The summed E-state index contributed by atoms with van der Waals surface area (Å²) in [5, 5.41) is 0. The van der Waals surface area contributed by atoms with Gasteiger partial charge in [0, 0.05) is 19.0 Å². The molecule has 0 N–H and O–H groups in total. The van der Waals surface area contributed by atoms with E-state index in [0.717, 1.165) is 41.3 Å². The van der Waals surface area contributed by atoms with Gasteiger partial charge in [-0.3, -0.25) is 0 Å². The molecule has 0 saturated heterocycles. The number of ether oxygens (including phenoxy) is 2. The summed E-state index contributed by atoms with van der Waals surface area (Å²) in [6.07, 6.45) is 0.780. The number of fused-ring (bicyclic) bond motifs is 1. The number of benzene rings is 2. The van der Waals surface area contributed by atoms with Crippen LogP contribution in [0.3, 0.4) is 0 Å². The molecule has 132 valence electrons. The van der Waals surface area contributed by atoms with E-state index in [9.17, 15) is 0 Å². The van der Waals surface area contributed by atoms with Crippen molar-refractivity contribution >= 4 is 11.0 Å². The van der Waals surface area contributed by atoms with Crippen molar-refractivity contribution in [2.45, 2.75) is 33.7 Å². The first-order valence-electron chi connectivity index (χ1n) is 8.85. The summed E-state index contributed by atoms with van der Waals surface area (Å²) in [6, 6.07) is 14.3. The van der Waals surface area contributed by atoms with Gasteiger partial charge in [-0.2, -0.15) is 0 Å². The molecular weight excluding hydrogens is 312 g/mol. The first kappa shape index (κ1) is 17.3. The predicted octanol–water partition coefficient (Wildman–Crippen LogP) is 4.69. The van der Waals surface area contributed by atoms with Gasteiger partial charge >= 0.3 is 0 Å². The molecule has 0 aliphatic rings. The van der Waals surface area contributed by atoms with Crippen molar-refractivity contribution in [2.24, 2.45) is 5.92 Å². The number of methoxy groups -OCH3 is 1. The number of nitrogens with zero attached hydrogens (tertiary/aromatic N) is 2. The molecule has 25 heavy (non-hydrogen) atoms. The van der Waals surface area contributed by atoms with Gasteiger partial charge < -0.3 is 14.0 Å². The number of imidazole rings is 1. The van der Waals surface area contributed by atoms with Crippen LogP contribution in [0, 0.1) is 5.92 Å². The summed E-state index contributed by atoms with van der Waals surface area (Å²) >= 11 is 0. The van der Waals surface area contributed by atoms with Crippen LogP contribution in [-0.4, -0.2) is 23.3 Å². The zero-order valence-electron chi connectivity index (χ0n) is 15.5. The fraction of sp³-hybridized carbons (Fsp3) is 0.381. The molecule has 3 rings (SSSR count).